The third kappa shape index (κ3) is 1.88. The molecule has 1 amide bonds. The molecule has 0 aliphatic carbocycles. The fraction of sp³-hybridized carbons (Fsp3) is 0.471. The molecule has 2 atom stereocenters. The Bertz CT molecular complexity index is 835. The molecule has 6 nitrogen and oxygen atoms in total. The number of hydrogen-bond donors (Lipinski definition) is 1. The molecule has 1 N–H and O–H groups in total. The number of hydrogen-bond acceptors (Lipinski definition) is 2. The van der Waals surface area contributed by atoms with E-state index in [0.29, 0.717) is 13.0 Å². The van der Waals surface area contributed by atoms with Gasteiger partial charge in [-0.05, 0) is 30.0 Å². The van der Waals surface area contributed by atoms with Gasteiger partial charge in [-0.3, -0.25) is 4.79 Å². The Labute approximate surface area is 134 Å². The maximum absolute atomic E-state index is 12.5. The summed E-state index contributed by atoms with van der Waals surface area (Å²) >= 11 is 0. The number of para-hydroxylation sites is 1. The molecule has 4 rings (SSSR count). The zero-order chi connectivity index (χ0) is 16.0. The second-order valence-corrected chi connectivity index (χ2v) is 6.58. The van der Waals surface area contributed by atoms with Crippen molar-refractivity contribution >= 4 is 16.8 Å². The molecular weight excluding hydrogens is 290 g/mol. The minimum absolute atomic E-state index is 0.0124. The van der Waals surface area contributed by atoms with Crippen LogP contribution in [0.2, 0.25) is 0 Å². The highest BCUT2D eigenvalue weighted by Crippen LogP contribution is 2.53. The molecule has 2 aliphatic rings. The molecule has 0 spiro atoms. The minimum Gasteiger partial charge on any atom is -0.356 e. The molecule has 1 aromatic carbocycles. The van der Waals surface area contributed by atoms with Gasteiger partial charge in [0.2, 0.25) is 5.91 Å². The summed E-state index contributed by atoms with van der Waals surface area (Å²) in [6.07, 6.45) is 2.15. The van der Waals surface area contributed by atoms with E-state index < -0.39 is 0 Å². The summed E-state index contributed by atoms with van der Waals surface area (Å²) in [6, 6.07) is 8.28. The van der Waals surface area contributed by atoms with Crippen molar-refractivity contribution in [3.63, 3.8) is 0 Å². The molecule has 1 fully saturated rings. The van der Waals surface area contributed by atoms with E-state index in [0.717, 1.165) is 30.6 Å². The summed E-state index contributed by atoms with van der Waals surface area (Å²) < 4.78 is 0. The average Bonchev–Trinajstić information content (AvgIpc) is 3.09. The third-order valence-electron chi connectivity index (χ3n) is 5.59. The second-order valence-electron chi connectivity index (χ2n) is 6.58. The summed E-state index contributed by atoms with van der Waals surface area (Å²) in [5.41, 5.74) is 12.0. The lowest BCUT2D eigenvalue weighted by molar-refractivity contribution is -0.129. The molecule has 6 heteroatoms. The van der Waals surface area contributed by atoms with E-state index in [9.17, 15) is 4.79 Å². The maximum Gasteiger partial charge on any atom is 0.223 e. The van der Waals surface area contributed by atoms with E-state index in [4.69, 9.17) is 5.53 Å². The minimum atomic E-state index is -0.306. The number of benzene rings is 1. The summed E-state index contributed by atoms with van der Waals surface area (Å²) in [6.45, 7) is 3.19. The van der Waals surface area contributed by atoms with Gasteiger partial charge < -0.3 is 9.88 Å². The van der Waals surface area contributed by atoms with Crippen LogP contribution in [0, 0.1) is 5.41 Å². The fourth-order valence-corrected chi connectivity index (χ4v) is 4.39. The number of H-pyrrole nitrogens is 1. The molecule has 0 radical (unpaired) electrons. The Balaban J connectivity index is 1.91. The standard InChI is InChI=1S/C17H19N5O/c1-2-17(10-19-21-18)9-14(23)22-8-7-12-11-5-3-4-6-13(11)20-15(12)16(17)22/h3-6,16,20H,2,7-10H2,1H3/t16-,17-/m0/s1. The first-order valence-corrected chi connectivity index (χ1v) is 8.10. The lowest BCUT2D eigenvalue weighted by atomic mass is 9.74. The second kappa shape index (κ2) is 5.03. The lowest BCUT2D eigenvalue weighted by Crippen LogP contribution is -2.39. The maximum atomic E-state index is 12.5. The van der Waals surface area contributed by atoms with Crippen molar-refractivity contribution in [1.82, 2.24) is 9.88 Å². The Kier molecular flexibility index (Phi) is 3.10. The molecule has 0 saturated carbocycles. The summed E-state index contributed by atoms with van der Waals surface area (Å²) in [5, 5.41) is 5.08. The molecule has 0 unspecified atom stereocenters. The van der Waals surface area contributed by atoms with E-state index in [2.05, 4.69) is 40.1 Å². The summed E-state index contributed by atoms with van der Waals surface area (Å²) in [7, 11) is 0. The molecular formula is C17H19N5O. The van der Waals surface area contributed by atoms with E-state index >= 15 is 0 Å². The number of nitrogens with zero attached hydrogens (tertiary/aromatic N) is 4. The molecule has 0 bridgehead atoms. The number of azide groups is 1. The van der Waals surface area contributed by atoms with Gasteiger partial charge in [0.25, 0.3) is 0 Å². The highest BCUT2D eigenvalue weighted by molar-refractivity contribution is 5.87. The number of nitrogens with one attached hydrogen (secondary N) is 1. The molecule has 3 heterocycles. The Hall–Kier alpha value is -2.46. The van der Waals surface area contributed by atoms with E-state index in [1.54, 1.807) is 0 Å². The molecule has 118 valence electrons. The lowest BCUT2D eigenvalue weighted by Gasteiger charge is -2.39. The zero-order valence-corrected chi connectivity index (χ0v) is 13.1. The van der Waals surface area contributed by atoms with Crippen molar-refractivity contribution in [3.8, 4) is 0 Å². The van der Waals surface area contributed by atoms with Gasteiger partial charge in [-0.15, -0.1) is 0 Å². The molecule has 23 heavy (non-hydrogen) atoms. The van der Waals surface area contributed by atoms with Crippen molar-refractivity contribution < 1.29 is 4.79 Å². The van der Waals surface area contributed by atoms with Crippen LogP contribution in [0.4, 0.5) is 0 Å². The van der Waals surface area contributed by atoms with Gasteiger partial charge in [-0.1, -0.05) is 30.2 Å². The quantitative estimate of drug-likeness (QED) is 0.523. The van der Waals surface area contributed by atoms with Crippen LogP contribution in [0.1, 0.15) is 37.1 Å². The number of rotatable bonds is 3. The number of aromatic amines is 1. The fourth-order valence-electron chi connectivity index (χ4n) is 4.39. The molecule has 1 saturated heterocycles. The Morgan fingerprint density at radius 3 is 3.09 bits per heavy atom. The summed E-state index contributed by atoms with van der Waals surface area (Å²) in [5.74, 6) is 0.175. The largest absolute Gasteiger partial charge is 0.356 e. The third-order valence-corrected chi connectivity index (χ3v) is 5.59. The van der Waals surface area contributed by atoms with Crippen LogP contribution < -0.4 is 0 Å². The van der Waals surface area contributed by atoms with Gasteiger partial charge in [0.15, 0.2) is 0 Å². The van der Waals surface area contributed by atoms with Gasteiger partial charge in [-0.2, -0.15) is 0 Å². The van der Waals surface area contributed by atoms with Crippen LogP contribution in [0.5, 0.6) is 0 Å². The highest BCUT2D eigenvalue weighted by atomic mass is 16.2. The molecule has 2 aliphatic heterocycles. The first-order valence-electron chi connectivity index (χ1n) is 8.10. The van der Waals surface area contributed by atoms with E-state index in [1.807, 2.05) is 11.0 Å². The van der Waals surface area contributed by atoms with Gasteiger partial charge in [0.05, 0.1) is 6.04 Å². The predicted octanol–water partition coefficient (Wildman–Crippen LogP) is 3.70. The SMILES string of the molecule is CC[C@@]1(CN=[N+]=[N-])CC(=O)N2CCc3c([nH]c4ccccc34)[C@H]21. The van der Waals surface area contributed by atoms with E-state index in [1.165, 1.54) is 10.9 Å². The number of carbonyl (C=O) groups is 1. The van der Waals surface area contributed by atoms with Crippen molar-refractivity contribution in [2.75, 3.05) is 13.1 Å². The first-order chi connectivity index (χ1) is 11.2. The zero-order valence-electron chi connectivity index (χ0n) is 13.1. The van der Waals surface area contributed by atoms with Crippen LogP contribution in [0.25, 0.3) is 21.3 Å². The highest BCUT2D eigenvalue weighted by Gasteiger charge is 2.53. The number of fused-ring (bicyclic) bond motifs is 5. The van der Waals surface area contributed by atoms with Crippen LogP contribution in [-0.2, 0) is 11.2 Å². The normalized spacial score (nSPS) is 26.0. The average molecular weight is 309 g/mol. The summed E-state index contributed by atoms with van der Waals surface area (Å²) in [4.78, 5) is 21.0. The van der Waals surface area contributed by atoms with Crippen molar-refractivity contribution in [2.45, 2.75) is 32.2 Å². The van der Waals surface area contributed by atoms with Gasteiger partial charge in [-0.25, -0.2) is 0 Å². The number of carbonyl (C=O) groups excluding carboxylic acids is 1. The predicted molar refractivity (Wildman–Crippen MR) is 87.8 cm³/mol. The first kappa shape index (κ1) is 14.2. The molecule has 1 aromatic heterocycles. The van der Waals surface area contributed by atoms with Crippen LogP contribution in [0.3, 0.4) is 0 Å². The van der Waals surface area contributed by atoms with E-state index in [-0.39, 0.29) is 17.4 Å². The molecule has 2 aromatic rings. The smallest absolute Gasteiger partial charge is 0.223 e. The van der Waals surface area contributed by atoms with Crippen molar-refractivity contribution in [2.24, 2.45) is 10.5 Å². The number of aromatic nitrogens is 1. The Morgan fingerprint density at radius 1 is 1.48 bits per heavy atom. The van der Waals surface area contributed by atoms with Crippen molar-refractivity contribution in [3.05, 3.63) is 46.0 Å². The van der Waals surface area contributed by atoms with Gasteiger partial charge in [0, 0.05) is 46.4 Å². The monoisotopic (exact) mass is 309 g/mol. The Morgan fingerprint density at radius 2 is 2.30 bits per heavy atom. The topological polar surface area (TPSA) is 84.9 Å². The van der Waals surface area contributed by atoms with Crippen LogP contribution in [0.15, 0.2) is 29.4 Å². The number of amides is 1. The van der Waals surface area contributed by atoms with Crippen LogP contribution >= 0.6 is 0 Å². The van der Waals surface area contributed by atoms with Crippen molar-refractivity contribution in [1.29, 1.82) is 0 Å². The van der Waals surface area contributed by atoms with Gasteiger partial charge >= 0.3 is 0 Å². The van der Waals surface area contributed by atoms with Crippen LogP contribution in [-0.4, -0.2) is 28.9 Å². The van der Waals surface area contributed by atoms with Gasteiger partial charge in [0.1, 0.15) is 0 Å².